The molecule has 0 aliphatic heterocycles. The van der Waals surface area contributed by atoms with E-state index in [0.717, 1.165) is 72.2 Å². The van der Waals surface area contributed by atoms with Gasteiger partial charge in [0.1, 0.15) is 0 Å². The fourth-order valence-electron chi connectivity index (χ4n) is 3.55. The van der Waals surface area contributed by atoms with Gasteiger partial charge >= 0.3 is 0 Å². The van der Waals surface area contributed by atoms with E-state index in [1.54, 1.807) is 0 Å². The SMILES string of the molecule is Clc1ccc2c(NCCCNCCCNc3ccnc4cc(Cl)ccc34)ccnc2c1. The lowest BCUT2D eigenvalue weighted by molar-refractivity contribution is 0.643. The van der Waals surface area contributed by atoms with Crippen LogP contribution in [0.4, 0.5) is 11.4 Å². The zero-order chi connectivity index (χ0) is 21.5. The topological polar surface area (TPSA) is 61.9 Å². The molecular weight excluding hydrogens is 429 g/mol. The lowest BCUT2D eigenvalue weighted by Gasteiger charge is -2.11. The summed E-state index contributed by atoms with van der Waals surface area (Å²) >= 11 is 12.1. The summed E-state index contributed by atoms with van der Waals surface area (Å²) in [6.45, 7) is 3.74. The van der Waals surface area contributed by atoms with Gasteiger partial charge in [0.25, 0.3) is 0 Å². The molecule has 0 radical (unpaired) electrons. The van der Waals surface area contributed by atoms with Crippen LogP contribution in [0.15, 0.2) is 60.9 Å². The van der Waals surface area contributed by atoms with Crippen LogP contribution in [-0.4, -0.2) is 36.1 Å². The fourth-order valence-corrected chi connectivity index (χ4v) is 3.88. The number of pyridine rings is 2. The predicted molar refractivity (Wildman–Crippen MR) is 133 cm³/mol. The smallest absolute Gasteiger partial charge is 0.0737 e. The molecule has 4 rings (SSSR count). The zero-order valence-corrected chi connectivity index (χ0v) is 18.7. The number of nitrogens with zero attached hydrogens (tertiary/aromatic N) is 2. The molecule has 31 heavy (non-hydrogen) atoms. The minimum absolute atomic E-state index is 0.706. The van der Waals surface area contributed by atoms with Gasteiger partial charge in [0.15, 0.2) is 0 Å². The maximum atomic E-state index is 6.05. The molecule has 0 saturated carbocycles. The van der Waals surface area contributed by atoms with E-state index >= 15 is 0 Å². The molecule has 2 heterocycles. The van der Waals surface area contributed by atoms with Crippen LogP contribution in [0.3, 0.4) is 0 Å². The van der Waals surface area contributed by atoms with Crippen LogP contribution in [0.2, 0.25) is 10.0 Å². The van der Waals surface area contributed by atoms with Crippen molar-refractivity contribution < 1.29 is 0 Å². The molecule has 0 amide bonds. The number of aromatic nitrogens is 2. The van der Waals surface area contributed by atoms with E-state index in [1.807, 2.05) is 60.9 Å². The number of hydrogen-bond donors (Lipinski definition) is 3. The first-order chi connectivity index (χ1) is 15.2. The van der Waals surface area contributed by atoms with Crippen molar-refractivity contribution in [3.63, 3.8) is 0 Å². The number of fused-ring (bicyclic) bond motifs is 2. The molecule has 2 aromatic heterocycles. The van der Waals surface area contributed by atoms with Gasteiger partial charge in [-0.1, -0.05) is 23.2 Å². The Bertz CT molecular complexity index is 1070. The van der Waals surface area contributed by atoms with Crippen molar-refractivity contribution in [3.05, 3.63) is 71.0 Å². The van der Waals surface area contributed by atoms with Crippen molar-refractivity contribution in [2.75, 3.05) is 36.8 Å². The summed E-state index contributed by atoms with van der Waals surface area (Å²) in [5.74, 6) is 0. The van der Waals surface area contributed by atoms with Gasteiger partial charge in [-0.05, 0) is 74.5 Å². The highest BCUT2D eigenvalue weighted by atomic mass is 35.5. The molecule has 0 fully saturated rings. The van der Waals surface area contributed by atoms with E-state index in [4.69, 9.17) is 23.2 Å². The summed E-state index contributed by atoms with van der Waals surface area (Å²) in [6, 6.07) is 15.6. The Morgan fingerprint density at radius 1 is 0.613 bits per heavy atom. The third kappa shape index (κ3) is 5.76. The Balaban J connectivity index is 1.14. The molecule has 7 heteroatoms. The first kappa shape index (κ1) is 21.6. The third-order valence-corrected chi connectivity index (χ3v) is 5.57. The molecule has 4 aromatic rings. The maximum absolute atomic E-state index is 6.05. The van der Waals surface area contributed by atoms with Crippen LogP contribution < -0.4 is 16.0 Å². The fraction of sp³-hybridized carbons (Fsp3) is 0.250. The highest BCUT2D eigenvalue weighted by Gasteiger charge is 2.03. The Kier molecular flexibility index (Phi) is 7.41. The van der Waals surface area contributed by atoms with Crippen LogP contribution in [0.1, 0.15) is 12.8 Å². The summed E-state index contributed by atoms with van der Waals surface area (Å²) in [4.78, 5) is 8.76. The summed E-state index contributed by atoms with van der Waals surface area (Å²) in [6.07, 6.45) is 5.71. The number of rotatable bonds is 10. The van der Waals surface area contributed by atoms with Crippen molar-refractivity contribution in [2.24, 2.45) is 0 Å². The maximum Gasteiger partial charge on any atom is 0.0737 e. The summed E-state index contributed by atoms with van der Waals surface area (Å²) < 4.78 is 0. The van der Waals surface area contributed by atoms with Gasteiger partial charge < -0.3 is 16.0 Å². The monoisotopic (exact) mass is 453 g/mol. The van der Waals surface area contributed by atoms with Gasteiger partial charge in [0.05, 0.1) is 11.0 Å². The van der Waals surface area contributed by atoms with Gasteiger partial charge in [-0.15, -0.1) is 0 Å². The van der Waals surface area contributed by atoms with Gasteiger partial charge in [0, 0.05) is 57.7 Å². The minimum atomic E-state index is 0.706. The Labute approximate surface area is 192 Å². The second kappa shape index (κ2) is 10.6. The van der Waals surface area contributed by atoms with Gasteiger partial charge in [-0.3, -0.25) is 9.97 Å². The van der Waals surface area contributed by atoms with E-state index in [1.165, 1.54) is 0 Å². The highest BCUT2D eigenvalue weighted by molar-refractivity contribution is 6.31. The molecular formula is C24H25Cl2N5. The third-order valence-electron chi connectivity index (χ3n) is 5.10. The molecule has 0 saturated heterocycles. The average Bonchev–Trinajstić information content (AvgIpc) is 2.77. The Morgan fingerprint density at radius 2 is 1.10 bits per heavy atom. The van der Waals surface area contributed by atoms with Crippen LogP contribution in [0, 0.1) is 0 Å². The second-order valence-electron chi connectivity index (χ2n) is 7.35. The van der Waals surface area contributed by atoms with Gasteiger partial charge in [-0.2, -0.15) is 0 Å². The molecule has 2 aromatic carbocycles. The Morgan fingerprint density at radius 3 is 1.58 bits per heavy atom. The molecule has 3 N–H and O–H groups in total. The standard InChI is InChI=1S/C24H25Cl2N5/c25-17-3-5-19-21(7-13-30-23(19)15-17)28-11-1-9-27-10-2-12-29-22-8-14-31-24-16-18(26)4-6-20(22)24/h3-8,13-16,27H,1-2,9-12H2,(H,28,30)(H,29,31). The molecule has 0 atom stereocenters. The number of nitrogens with one attached hydrogen (secondary N) is 3. The van der Waals surface area contributed by atoms with Crippen LogP contribution in [0.5, 0.6) is 0 Å². The normalized spacial score (nSPS) is 11.2. The zero-order valence-electron chi connectivity index (χ0n) is 17.2. The van der Waals surface area contributed by atoms with Crippen molar-refractivity contribution >= 4 is 56.4 Å². The first-order valence-electron chi connectivity index (χ1n) is 10.5. The van der Waals surface area contributed by atoms with Crippen LogP contribution >= 0.6 is 23.2 Å². The second-order valence-corrected chi connectivity index (χ2v) is 8.22. The van der Waals surface area contributed by atoms with Crippen molar-refractivity contribution in [1.29, 1.82) is 0 Å². The van der Waals surface area contributed by atoms with E-state index in [-0.39, 0.29) is 0 Å². The van der Waals surface area contributed by atoms with E-state index < -0.39 is 0 Å². The average molecular weight is 454 g/mol. The lowest BCUT2D eigenvalue weighted by Crippen LogP contribution is -2.21. The van der Waals surface area contributed by atoms with Crippen molar-refractivity contribution in [1.82, 2.24) is 15.3 Å². The number of halogens is 2. The quantitative estimate of drug-likeness (QED) is 0.257. The summed E-state index contributed by atoms with van der Waals surface area (Å²) in [5.41, 5.74) is 4.01. The summed E-state index contributed by atoms with van der Waals surface area (Å²) in [7, 11) is 0. The van der Waals surface area contributed by atoms with Crippen LogP contribution in [-0.2, 0) is 0 Å². The molecule has 0 aliphatic rings. The molecule has 0 spiro atoms. The largest absolute Gasteiger partial charge is 0.384 e. The van der Waals surface area contributed by atoms with Crippen LogP contribution in [0.25, 0.3) is 21.8 Å². The molecule has 0 bridgehead atoms. The predicted octanol–water partition coefficient (Wildman–Crippen LogP) is 5.98. The Hall–Kier alpha value is -2.60. The first-order valence-corrected chi connectivity index (χ1v) is 11.2. The van der Waals surface area contributed by atoms with E-state index in [0.29, 0.717) is 10.0 Å². The number of anilines is 2. The summed E-state index contributed by atoms with van der Waals surface area (Å²) in [5, 5.41) is 14.1. The van der Waals surface area contributed by atoms with E-state index in [2.05, 4.69) is 25.9 Å². The molecule has 0 aliphatic carbocycles. The molecule has 5 nitrogen and oxygen atoms in total. The molecule has 0 unspecified atom stereocenters. The van der Waals surface area contributed by atoms with Gasteiger partial charge in [0.2, 0.25) is 0 Å². The minimum Gasteiger partial charge on any atom is -0.384 e. The van der Waals surface area contributed by atoms with Crippen molar-refractivity contribution in [3.8, 4) is 0 Å². The number of benzene rings is 2. The van der Waals surface area contributed by atoms with Gasteiger partial charge in [-0.25, -0.2) is 0 Å². The van der Waals surface area contributed by atoms with E-state index in [9.17, 15) is 0 Å². The number of hydrogen-bond acceptors (Lipinski definition) is 5. The highest BCUT2D eigenvalue weighted by Crippen LogP contribution is 2.25. The lowest BCUT2D eigenvalue weighted by atomic mass is 10.2. The molecule has 160 valence electrons. The van der Waals surface area contributed by atoms with Crippen molar-refractivity contribution in [2.45, 2.75) is 12.8 Å².